The van der Waals surface area contributed by atoms with E-state index in [2.05, 4.69) is 13.8 Å². The fraction of sp³-hybridized carbons (Fsp3) is 1.00. The highest BCUT2D eigenvalue weighted by Crippen LogP contribution is 1.98. The van der Waals surface area contributed by atoms with Crippen LogP contribution in [0.25, 0.3) is 0 Å². The predicted octanol–water partition coefficient (Wildman–Crippen LogP) is 0.352. The van der Waals surface area contributed by atoms with Crippen molar-refractivity contribution in [3.63, 3.8) is 0 Å². The minimum Gasteiger partial charge on any atom is -0.330 e. The highest BCUT2D eigenvalue weighted by molar-refractivity contribution is 7.30. The van der Waals surface area contributed by atoms with Gasteiger partial charge in [0.25, 0.3) is 0 Å². The summed E-state index contributed by atoms with van der Waals surface area (Å²) in [5.41, 5.74) is 5.23. The van der Waals surface area contributed by atoms with Gasteiger partial charge in [0.1, 0.15) is 0 Å². The van der Waals surface area contributed by atoms with Crippen molar-refractivity contribution in [1.82, 2.24) is 0 Å². The summed E-state index contributed by atoms with van der Waals surface area (Å²) in [6, 6.07) is 0. The van der Waals surface area contributed by atoms with Gasteiger partial charge in [-0.15, -0.1) is 0 Å². The normalized spacial score (nSPS) is 9.50. The largest absolute Gasteiger partial charge is 0.330 e. The van der Waals surface area contributed by atoms with Gasteiger partial charge in [-0.25, -0.2) is 0 Å². The summed E-state index contributed by atoms with van der Waals surface area (Å²) in [4.78, 5) is 14.3. The molecule has 0 aliphatic rings. The van der Waals surface area contributed by atoms with Crippen LogP contribution in [0.3, 0.4) is 0 Å². The third kappa shape index (κ3) is 42.4. The second-order valence-electron chi connectivity index (χ2n) is 2.25. The first-order chi connectivity index (χ1) is 4.50. The lowest BCUT2D eigenvalue weighted by molar-refractivity contribution is 0.405. The highest BCUT2D eigenvalue weighted by Gasteiger charge is 1.85. The van der Waals surface area contributed by atoms with Crippen LogP contribution in [0.1, 0.15) is 20.3 Å². The van der Waals surface area contributed by atoms with Gasteiger partial charge in [-0.2, -0.15) is 0 Å². The zero-order valence-electron chi connectivity index (χ0n) is 6.37. The molecule has 0 amide bonds. The zero-order chi connectivity index (χ0) is 8.57. The van der Waals surface area contributed by atoms with E-state index in [4.69, 9.17) is 20.1 Å². The molecular weight excluding hydrogens is 153 g/mol. The average molecular weight is 169 g/mol. The molecule has 0 saturated heterocycles. The van der Waals surface area contributed by atoms with Crippen molar-refractivity contribution in [2.45, 2.75) is 20.3 Å². The van der Waals surface area contributed by atoms with Crippen LogP contribution >= 0.6 is 8.25 Å². The van der Waals surface area contributed by atoms with E-state index in [9.17, 15) is 0 Å². The molecule has 0 aliphatic carbocycles. The van der Waals surface area contributed by atoms with Crippen molar-refractivity contribution < 1.29 is 14.4 Å². The van der Waals surface area contributed by atoms with Crippen molar-refractivity contribution in [1.29, 1.82) is 0 Å². The summed E-state index contributed by atoms with van der Waals surface area (Å²) in [5.74, 6) is 0.773. The number of hydrogen-bond donors (Lipinski definition) is 3. The van der Waals surface area contributed by atoms with Crippen molar-refractivity contribution in [3.8, 4) is 0 Å². The van der Waals surface area contributed by atoms with Crippen LogP contribution in [0.5, 0.6) is 0 Å². The lowest BCUT2D eigenvalue weighted by atomic mass is 10.1. The van der Waals surface area contributed by atoms with Crippen LogP contribution in [-0.2, 0) is 4.57 Å². The average Bonchev–Trinajstić information content (AvgIpc) is 1.62. The molecule has 5 heteroatoms. The molecule has 4 N–H and O–H groups in total. The van der Waals surface area contributed by atoms with E-state index >= 15 is 0 Å². The molecule has 0 spiro atoms. The van der Waals surface area contributed by atoms with Crippen molar-refractivity contribution >= 4 is 8.25 Å². The molecule has 0 bridgehead atoms. The molecule has 4 nitrogen and oxygen atoms in total. The van der Waals surface area contributed by atoms with E-state index in [1.165, 1.54) is 0 Å². The quantitative estimate of drug-likeness (QED) is 0.521. The first-order valence-corrected chi connectivity index (χ1v) is 4.43. The third-order valence-corrected chi connectivity index (χ3v) is 0.744. The lowest BCUT2D eigenvalue weighted by Crippen LogP contribution is -2.01. The van der Waals surface area contributed by atoms with Crippen LogP contribution in [0, 0.1) is 5.92 Å². The SMILES string of the molecule is CC(C)CCN.O=[PH](O)O. The highest BCUT2D eigenvalue weighted by atomic mass is 31.1. The van der Waals surface area contributed by atoms with Crippen molar-refractivity contribution in [2.24, 2.45) is 11.7 Å². The van der Waals surface area contributed by atoms with Gasteiger partial charge in [0.15, 0.2) is 0 Å². The van der Waals surface area contributed by atoms with Crippen LogP contribution in [0.2, 0.25) is 0 Å². The maximum Gasteiger partial charge on any atom is 0.314 e. The van der Waals surface area contributed by atoms with E-state index in [1.807, 2.05) is 0 Å². The van der Waals surface area contributed by atoms with Crippen LogP contribution < -0.4 is 5.73 Å². The molecule has 64 valence electrons. The Labute approximate surface area is 62.0 Å². The Kier molecular flexibility index (Phi) is 11.6. The topological polar surface area (TPSA) is 83.6 Å². The molecule has 0 aromatic carbocycles. The van der Waals surface area contributed by atoms with Gasteiger partial charge in [0, 0.05) is 0 Å². The first kappa shape index (κ1) is 12.8. The van der Waals surface area contributed by atoms with Crippen molar-refractivity contribution in [2.75, 3.05) is 6.54 Å². The Morgan fingerprint density at radius 2 is 1.80 bits per heavy atom. The lowest BCUT2D eigenvalue weighted by Gasteiger charge is -1.96. The maximum atomic E-state index is 8.74. The fourth-order valence-electron chi connectivity index (χ4n) is 0.333. The standard InChI is InChI=1S/C5H13N.H3O3P/c1-5(2)3-4-6;1-4(2)3/h5H,3-4,6H2,1-2H3;4H,(H2,1,2,3). The summed E-state index contributed by atoms with van der Waals surface area (Å²) in [6.45, 7) is 5.18. The predicted molar refractivity (Wildman–Crippen MR) is 41.9 cm³/mol. The van der Waals surface area contributed by atoms with Gasteiger partial charge >= 0.3 is 8.25 Å². The molecule has 0 rings (SSSR count). The van der Waals surface area contributed by atoms with Gasteiger partial charge in [-0.1, -0.05) is 13.8 Å². The van der Waals surface area contributed by atoms with E-state index in [0.717, 1.165) is 18.9 Å². The zero-order valence-corrected chi connectivity index (χ0v) is 7.37. The first-order valence-electron chi connectivity index (χ1n) is 3.12. The maximum absolute atomic E-state index is 8.74. The van der Waals surface area contributed by atoms with Crippen LogP contribution in [0.15, 0.2) is 0 Å². The molecule has 0 aliphatic heterocycles. The number of rotatable bonds is 2. The number of hydrogen-bond acceptors (Lipinski definition) is 2. The van der Waals surface area contributed by atoms with E-state index in [-0.39, 0.29) is 0 Å². The van der Waals surface area contributed by atoms with Crippen molar-refractivity contribution in [3.05, 3.63) is 0 Å². The monoisotopic (exact) mass is 169 g/mol. The Hall–Kier alpha value is 0.110. The summed E-state index contributed by atoms with van der Waals surface area (Å²) in [7, 11) is -3.13. The molecule has 0 aromatic rings. The molecule has 0 fully saturated rings. The summed E-state index contributed by atoms with van der Waals surface area (Å²) < 4.78 is 8.74. The summed E-state index contributed by atoms with van der Waals surface area (Å²) in [5, 5.41) is 0. The summed E-state index contributed by atoms with van der Waals surface area (Å²) in [6.07, 6.45) is 1.15. The van der Waals surface area contributed by atoms with E-state index in [1.54, 1.807) is 0 Å². The minimum absolute atomic E-state index is 0.773. The molecule has 0 saturated carbocycles. The molecule has 0 radical (unpaired) electrons. The fourth-order valence-corrected chi connectivity index (χ4v) is 0.333. The second-order valence-corrected chi connectivity index (χ2v) is 2.82. The molecular formula is C5H16NO3P. The molecule has 0 heterocycles. The van der Waals surface area contributed by atoms with Gasteiger partial charge in [0.2, 0.25) is 0 Å². The van der Waals surface area contributed by atoms with Gasteiger partial charge in [0.05, 0.1) is 0 Å². The minimum atomic E-state index is -3.13. The Morgan fingerprint density at radius 3 is 1.80 bits per heavy atom. The molecule has 0 atom stereocenters. The van der Waals surface area contributed by atoms with E-state index in [0.29, 0.717) is 0 Å². The molecule has 0 unspecified atom stereocenters. The van der Waals surface area contributed by atoms with E-state index < -0.39 is 8.25 Å². The smallest absolute Gasteiger partial charge is 0.314 e. The second kappa shape index (κ2) is 9.11. The number of nitrogens with two attached hydrogens (primary N) is 1. The third-order valence-electron chi connectivity index (χ3n) is 0.744. The molecule has 10 heavy (non-hydrogen) atoms. The Morgan fingerprint density at radius 1 is 1.50 bits per heavy atom. The Bertz CT molecular complexity index is 83.0. The van der Waals surface area contributed by atoms with Crippen LogP contribution in [0.4, 0.5) is 0 Å². The molecule has 0 aromatic heterocycles. The van der Waals surface area contributed by atoms with Gasteiger partial charge < -0.3 is 15.5 Å². The summed E-state index contributed by atoms with van der Waals surface area (Å²) >= 11 is 0. The Balaban J connectivity index is 0. The van der Waals surface area contributed by atoms with Gasteiger partial charge in [-0.3, -0.25) is 4.57 Å². The van der Waals surface area contributed by atoms with Gasteiger partial charge in [-0.05, 0) is 18.9 Å². The van der Waals surface area contributed by atoms with Crippen LogP contribution in [-0.4, -0.2) is 16.3 Å².